The second kappa shape index (κ2) is 7.38. The first-order valence-electron chi connectivity index (χ1n) is 8.16. The Morgan fingerprint density at radius 2 is 2.25 bits per heavy atom. The highest BCUT2D eigenvalue weighted by Gasteiger charge is 2.24. The minimum absolute atomic E-state index is 0.0714. The zero-order valence-corrected chi connectivity index (χ0v) is 14.0. The highest BCUT2D eigenvalue weighted by atomic mass is 16.5. The van der Waals surface area contributed by atoms with Crippen molar-refractivity contribution in [2.24, 2.45) is 5.92 Å². The number of methoxy groups -OCH3 is 1. The molecule has 0 spiro atoms. The van der Waals surface area contributed by atoms with Crippen LogP contribution in [0.1, 0.15) is 36.1 Å². The van der Waals surface area contributed by atoms with Gasteiger partial charge >= 0.3 is 0 Å². The molecule has 1 aromatic carbocycles. The first kappa shape index (κ1) is 16.4. The number of likely N-dealkylation sites (tertiary alicyclic amines) is 1. The molecule has 0 bridgehead atoms. The van der Waals surface area contributed by atoms with Gasteiger partial charge in [0.25, 0.3) is 5.91 Å². The summed E-state index contributed by atoms with van der Waals surface area (Å²) >= 11 is 0. The molecule has 1 aromatic heterocycles. The van der Waals surface area contributed by atoms with Crippen LogP contribution in [0.5, 0.6) is 11.5 Å². The standard InChI is InChI=1S/C18H22N2O4/c1-13-5-4-8-20(10-13)18(21)16-11-24-17(19-16)12-23-15-7-3-6-14(9-15)22-2/h3,6-7,9,11,13H,4-5,8,10,12H2,1-2H3/t13-/m1/s1. The van der Waals surface area contributed by atoms with Crippen LogP contribution >= 0.6 is 0 Å². The zero-order valence-electron chi connectivity index (χ0n) is 14.0. The Morgan fingerprint density at radius 1 is 1.42 bits per heavy atom. The van der Waals surface area contributed by atoms with Gasteiger partial charge in [-0.15, -0.1) is 0 Å². The van der Waals surface area contributed by atoms with Crippen LogP contribution in [0.15, 0.2) is 34.9 Å². The Hall–Kier alpha value is -2.50. The number of carbonyl (C=O) groups is 1. The van der Waals surface area contributed by atoms with Crippen molar-refractivity contribution in [1.29, 1.82) is 0 Å². The Labute approximate surface area is 141 Å². The van der Waals surface area contributed by atoms with Crippen LogP contribution in [-0.2, 0) is 6.61 Å². The van der Waals surface area contributed by atoms with Crippen molar-refractivity contribution in [3.8, 4) is 11.5 Å². The number of piperidine rings is 1. The summed E-state index contributed by atoms with van der Waals surface area (Å²) in [6.07, 6.45) is 3.62. The summed E-state index contributed by atoms with van der Waals surface area (Å²) in [6.45, 7) is 3.89. The molecule has 1 aliphatic rings. The van der Waals surface area contributed by atoms with Gasteiger partial charge in [-0.25, -0.2) is 4.98 Å². The maximum absolute atomic E-state index is 12.5. The van der Waals surface area contributed by atoms with Crippen LogP contribution in [0.25, 0.3) is 0 Å². The van der Waals surface area contributed by atoms with Crippen molar-refractivity contribution in [2.45, 2.75) is 26.4 Å². The molecular weight excluding hydrogens is 308 g/mol. The van der Waals surface area contributed by atoms with Gasteiger partial charge in [0, 0.05) is 19.2 Å². The number of hydrogen-bond donors (Lipinski definition) is 0. The van der Waals surface area contributed by atoms with Crippen LogP contribution in [-0.4, -0.2) is 36.0 Å². The summed E-state index contributed by atoms with van der Waals surface area (Å²) in [7, 11) is 1.60. The van der Waals surface area contributed by atoms with Crippen LogP contribution in [0, 0.1) is 5.92 Å². The molecule has 0 saturated carbocycles. The Bertz CT molecular complexity index is 698. The third kappa shape index (κ3) is 3.88. The van der Waals surface area contributed by atoms with Crippen molar-refractivity contribution < 1.29 is 18.7 Å². The van der Waals surface area contributed by atoms with E-state index in [0.717, 1.165) is 25.3 Å². The minimum Gasteiger partial charge on any atom is -0.497 e. The van der Waals surface area contributed by atoms with Gasteiger partial charge in [0.1, 0.15) is 17.8 Å². The molecular formula is C18H22N2O4. The van der Waals surface area contributed by atoms with Crippen molar-refractivity contribution in [3.05, 3.63) is 42.1 Å². The van der Waals surface area contributed by atoms with E-state index < -0.39 is 0 Å². The van der Waals surface area contributed by atoms with Gasteiger partial charge < -0.3 is 18.8 Å². The van der Waals surface area contributed by atoms with Crippen molar-refractivity contribution >= 4 is 5.91 Å². The number of ether oxygens (including phenoxy) is 2. The molecule has 3 rings (SSSR count). The summed E-state index contributed by atoms with van der Waals surface area (Å²) in [5.74, 6) is 2.22. The molecule has 2 heterocycles. The van der Waals surface area contributed by atoms with Gasteiger partial charge in [0.05, 0.1) is 7.11 Å². The lowest BCUT2D eigenvalue weighted by Crippen LogP contribution is -2.39. The van der Waals surface area contributed by atoms with E-state index in [1.54, 1.807) is 13.2 Å². The van der Waals surface area contributed by atoms with E-state index in [-0.39, 0.29) is 12.5 Å². The fraction of sp³-hybridized carbons (Fsp3) is 0.444. The monoisotopic (exact) mass is 330 g/mol. The molecule has 0 aliphatic carbocycles. The fourth-order valence-corrected chi connectivity index (χ4v) is 2.85. The maximum Gasteiger partial charge on any atom is 0.275 e. The largest absolute Gasteiger partial charge is 0.497 e. The van der Waals surface area contributed by atoms with E-state index in [2.05, 4.69) is 11.9 Å². The van der Waals surface area contributed by atoms with Gasteiger partial charge in [-0.05, 0) is 30.9 Å². The highest BCUT2D eigenvalue weighted by molar-refractivity contribution is 5.92. The molecule has 1 fully saturated rings. The quantitative estimate of drug-likeness (QED) is 0.843. The second-order valence-electron chi connectivity index (χ2n) is 6.09. The van der Waals surface area contributed by atoms with Crippen LogP contribution in [0.3, 0.4) is 0 Å². The van der Waals surface area contributed by atoms with E-state index in [9.17, 15) is 4.79 Å². The molecule has 24 heavy (non-hydrogen) atoms. The number of rotatable bonds is 5. The average molecular weight is 330 g/mol. The third-order valence-corrected chi connectivity index (χ3v) is 4.12. The van der Waals surface area contributed by atoms with Crippen LogP contribution in [0.2, 0.25) is 0 Å². The molecule has 0 radical (unpaired) electrons. The van der Waals surface area contributed by atoms with E-state index in [1.165, 1.54) is 12.7 Å². The van der Waals surface area contributed by atoms with Gasteiger partial charge in [0.2, 0.25) is 5.89 Å². The average Bonchev–Trinajstić information content (AvgIpc) is 3.08. The Morgan fingerprint density at radius 3 is 3.04 bits per heavy atom. The smallest absolute Gasteiger partial charge is 0.275 e. The lowest BCUT2D eigenvalue weighted by atomic mass is 10.0. The Kier molecular flexibility index (Phi) is 5.03. The third-order valence-electron chi connectivity index (χ3n) is 4.12. The number of hydrogen-bond acceptors (Lipinski definition) is 5. The van der Waals surface area contributed by atoms with Gasteiger partial charge in [0.15, 0.2) is 12.3 Å². The van der Waals surface area contributed by atoms with Gasteiger partial charge in [-0.1, -0.05) is 13.0 Å². The normalized spacial score (nSPS) is 17.6. The molecule has 1 saturated heterocycles. The van der Waals surface area contributed by atoms with Crippen molar-refractivity contribution in [1.82, 2.24) is 9.88 Å². The summed E-state index contributed by atoms with van der Waals surface area (Å²) in [6, 6.07) is 7.29. The fourth-order valence-electron chi connectivity index (χ4n) is 2.85. The predicted octanol–water partition coefficient (Wildman–Crippen LogP) is 3.13. The van der Waals surface area contributed by atoms with Gasteiger partial charge in [-0.2, -0.15) is 0 Å². The van der Waals surface area contributed by atoms with E-state index in [4.69, 9.17) is 13.9 Å². The molecule has 6 nitrogen and oxygen atoms in total. The Balaban J connectivity index is 1.59. The zero-order chi connectivity index (χ0) is 16.9. The number of carbonyl (C=O) groups excluding carboxylic acids is 1. The SMILES string of the molecule is COc1cccc(OCc2nc(C(=O)N3CCC[C@@H](C)C3)co2)c1. The predicted molar refractivity (Wildman–Crippen MR) is 88.1 cm³/mol. The van der Waals surface area contributed by atoms with Crippen LogP contribution in [0.4, 0.5) is 0 Å². The topological polar surface area (TPSA) is 64.8 Å². The number of aromatic nitrogens is 1. The lowest BCUT2D eigenvalue weighted by Gasteiger charge is -2.30. The first-order valence-corrected chi connectivity index (χ1v) is 8.16. The molecule has 0 unspecified atom stereocenters. The molecule has 1 atom stereocenters. The summed E-state index contributed by atoms with van der Waals surface area (Å²) < 4.78 is 16.1. The molecule has 6 heteroatoms. The summed E-state index contributed by atoms with van der Waals surface area (Å²) in [4.78, 5) is 18.6. The van der Waals surface area contributed by atoms with E-state index >= 15 is 0 Å². The van der Waals surface area contributed by atoms with Crippen molar-refractivity contribution in [2.75, 3.05) is 20.2 Å². The van der Waals surface area contributed by atoms with Crippen molar-refractivity contribution in [3.63, 3.8) is 0 Å². The molecule has 128 valence electrons. The first-order chi connectivity index (χ1) is 11.7. The highest BCUT2D eigenvalue weighted by Crippen LogP contribution is 2.21. The number of amides is 1. The van der Waals surface area contributed by atoms with E-state index in [0.29, 0.717) is 23.3 Å². The van der Waals surface area contributed by atoms with E-state index in [1.807, 2.05) is 23.1 Å². The molecule has 2 aromatic rings. The molecule has 1 aliphatic heterocycles. The summed E-state index contributed by atoms with van der Waals surface area (Å²) in [5, 5.41) is 0. The molecule has 1 amide bonds. The maximum atomic E-state index is 12.5. The molecule has 0 N–H and O–H groups in total. The number of benzene rings is 1. The summed E-state index contributed by atoms with van der Waals surface area (Å²) in [5.41, 5.74) is 0.341. The lowest BCUT2D eigenvalue weighted by molar-refractivity contribution is 0.0677. The van der Waals surface area contributed by atoms with Crippen LogP contribution < -0.4 is 9.47 Å². The number of nitrogens with zero attached hydrogens (tertiary/aromatic N) is 2. The number of oxazole rings is 1. The second-order valence-corrected chi connectivity index (χ2v) is 6.09. The van der Waals surface area contributed by atoms with Gasteiger partial charge in [-0.3, -0.25) is 4.79 Å². The minimum atomic E-state index is -0.0714.